The quantitative estimate of drug-likeness (QED) is 0.827. The van der Waals surface area contributed by atoms with Crippen molar-refractivity contribution in [1.29, 1.82) is 0 Å². The van der Waals surface area contributed by atoms with Gasteiger partial charge in [0.1, 0.15) is 0 Å². The lowest BCUT2D eigenvalue weighted by molar-refractivity contribution is -0.139. The molecule has 0 bridgehead atoms. The highest BCUT2D eigenvalue weighted by Gasteiger charge is 2.40. The minimum absolute atomic E-state index is 0.0244. The molecule has 2 rings (SSSR count). The Morgan fingerprint density at radius 2 is 1.80 bits per heavy atom. The highest BCUT2D eigenvalue weighted by atomic mass is 19.3. The van der Waals surface area contributed by atoms with Crippen LogP contribution in [0, 0.1) is 0 Å². The molecule has 0 saturated heterocycles. The van der Waals surface area contributed by atoms with E-state index in [2.05, 4.69) is 5.32 Å². The van der Waals surface area contributed by atoms with E-state index in [0.717, 1.165) is 0 Å². The van der Waals surface area contributed by atoms with Gasteiger partial charge < -0.3 is 14.8 Å². The third kappa shape index (κ3) is 3.70. The molecule has 134 valence electrons. The SMILES string of the molecule is CCOC(=O)C1=C(C(F)F)NC(C)=C(C(=O)OC)C1c1ccccc1. The Morgan fingerprint density at radius 1 is 1.16 bits per heavy atom. The smallest absolute Gasteiger partial charge is 0.336 e. The maximum absolute atomic E-state index is 13.6. The zero-order chi connectivity index (χ0) is 18.6. The number of nitrogens with one attached hydrogen (secondary N) is 1. The number of dihydropyridines is 1. The molecule has 0 fully saturated rings. The molecule has 1 unspecified atom stereocenters. The summed E-state index contributed by atoms with van der Waals surface area (Å²) >= 11 is 0. The summed E-state index contributed by atoms with van der Waals surface area (Å²) in [6.07, 6.45) is -2.93. The zero-order valence-electron chi connectivity index (χ0n) is 14.1. The molecule has 1 N–H and O–H groups in total. The second kappa shape index (κ2) is 7.92. The molecule has 1 aliphatic rings. The third-order valence-corrected chi connectivity index (χ3v) is 3.85. The molecule has 7 heteroatoms. The number of allylic oxidation sites excluding steroid dienone is 2. The Morgan fingerprint density at radius 3 is 2.32 bits per heavy atom. The molecule has 1 aromatic carbocycles. The summed E-state index contributed by atoms with van der Waals surface area (Å²) in [6, 6.07) is 8.47. The minimum atomic E-state index is -2.93. The zero-order valence-corrected chi connectivity index (χ0v) is 14.1. The maximum atomic E-state index is 13.6. The van der Waals surface area contributed by atoms with E-state index in [1.54, 1.807) is 37.3 Å². The molecule has 0 amide bonds. The standard InChI is InChI=1S/C18H19F2NO4/c1-4-25-18(23)14-13(11-8-6-5-7-9-11)12(17(22)24-3)10(2)21-15(14)16(19)20/h5-9,13,16,21H,4H2,1-3H3. The average molecular weight is 351 g/mol. The molecule has 0 aliphatic carbocycles. The number of rotatable bonds is 5. The van der Waals surface area contributed by atoms with Gasteiger partial charge in [-0.2, -0.15) is 0 Å². The molecule has 25 heavy (non-hydrogen) atoms. The highest BCUT2D eigenvalue weighted by molar-refractivity contribution is 6.00. The predicted octanol–water partition coefficient (Wildman–Crippen LogP) is 2.90. The molecule has 0 spiro atoms. The highest BCUT2D eigenvalue weighted by Crippen LogP contribution is 2.40. The van der Waals surface area contributed by atoms with Crippen molar-refractivity contribution < 1.29 is 27.8 Å². The number of hydrogen-bond acceptors (Lipinski definition) is 5. The van der Waals surface area contributed by atoms with Crippen molar-refractivity contribution in [3.8, 4) is 0 Å². The first kappa shape index (κ1) is 18.6. The van der Waals surface area contributed by atoms with Gasteiger partial charge in [-0.1, -0.05) is 30.3 Å². The summed E-state index contributed by atoms with van der Waals surface area (Å²) in [5.41, 5.74) is -0.0123. The van der Waals surface area contributed by atoms with Crippen LogP contribution < -0.4 is 5.32 Å². The number of alkyl halides is 2. The lowest BCUT2D eigenvalue weighted by Gasteiger charge is -2.31. The molecular weight excluding hydrogens is 332 g/mol. The van der Waals surface area contributed by atoms with Gasteiger partial charge in [-0.3, -0.25) is 0 Å². The molecular formula is C18H19F2NO4. The third-order valence-electron chi connectivity index (χ3n) is 3.85. The van der Waals surface area contributed by atoms with Crippen LogP contribution in [0.15, 0.2) is 52.9 Å². The van der Waals surface area contributed by atoms with E-state index in [9.17, 15) is 18.4 Å². The van der Waals surface area contributed by atoms with E-state index in [1.165, 1.54) is 14.0 Å². The molecule has 0 radical (unpaired) electrons. The van der Waals surface area contributed by atoms with Crippen LogP contribution in [-0.2, 0) is 19.1 Å². The van der Waals surface area contributed by atoms with Gasteiger partial charge in [0.2, 0.25) is 0 Å². The summed E-state index contributed by atoms with van der Waals surface area (Å²) in [5.74, 6) is -2.60. The lowest BCUT2D eigenvalue weighted by atomic mass is 9.80. The number of carbonyl (C=O) groups excluding carboxylic acids is 2. The van der Waals surface area contributed by atoms with Gasteiger partial charge in [0.05, 0.1) is 36.5 Å². The number of halogens is 2. The van der Waals surface area contributed by atoms with Crippen LogP contribution in [0.5, 0.6) is 0 Å². The van der Waals surface area contributed by atoms with E-state index in [4.69, 9.17) is 9.47 Å². The first-order valence-corrected chi connectivity index (χ1v) is 7.72. The Kier molecular flexibility index (Phi) is 5.90. The fourth-order valence-electron chi connectivity index (χ4n) is 2.82. The molecule has 1 heterocycles. The molecule has 1 aromatic rings. The van der Waals surface area contributed by atoms with E-state index in [1.807, 2.05) is 0 Å². The number of methoxy groups -OCH3 is 1. The van der Waals surface area contributed by atoms with Crippen LogP contribution in [0.1, 0.15) is 25.3 Å². The van der Waals surface area contributed by atoms with Crippen LogP contribution in [0.3, 0.4) is 0 Å². The van der Waals surface area contributed by atoms with Crippen LogP contribution in [0.2, 0.25) is 0 Å². The predicted molar refractivity (Wildman–Crippen MR) is 86.7 cm³/mol. The summed E-state index contributed by atoms with van der Waals surface area (Å²) in [5, 5.41) is 2.48. The van der Waals surface area contributed by atoms with Crippen molar-refractivity contribution in [2.45, 2.75) is 26.2 Å². The van der Waals surface area contributed by atoms with Crippen molar-refractivity contribution in [1.82, 2.24) is 5.32 Å². The molecule has 1 atom stereocenters. The Balaban J connectivity index is 2.72. The van der Waals surface area contributed by atoms with Crippen LogP contribution in [0.25, 0.3) is 0 Å². The fourth-order valence-corrected chi connectivity index (χ4v) is 2.82. The van der Waals surface area contributed by atoms with E-state index >= 15 is 0 Å². The van der Waals surface area contributed by atoms with Crippen molar-refractivity contribution in [2.75, 3.05) is 13.7 Å². The number of hydrogen-bond donors (Lipinski definition) is 1. The van der Waals surface area contributed by atoms with Crippen molar-refractivity contribution >= 4 is 11.9 Å². The van der Waals surface area contributed by atoms with Gasteiger partial charge in [0.15, 0.2) is 0 Å². The topological polar surface area (TPSA) is 64.6 Å². The van der Waals surface area contributed by atoms with Crippen LogP contribution in [0.4, 0.5) is 8.78 Å². The van der Waals surface area contributed by atoms with Crippen molar-refractivity contribution in [3.63, 3.8) is 0 Å². The Bertz CT molecular complexity index is 726. The van der Waals surface area contributed by atoms with Gasteiger partial charge in [-0.25, -0.2) is 18.4 Å². The summed E-state index contributed by atoms with van der Waals surface area (Å²) in [4.78, 5) is 24.7. The summed E-state index contributed by atoms with van der Waals surface area (Å²) < 4.78 is 36.9. The number of benzene rings is 1. The molecule has 5 nitrogen and oxygen atoms in total. The Labute approximate surface area is 144 Å². The Hall–Kier alpha value is -2.70. The number of carbonyl (C=O) groups is 2. The van der Waals surface area contributed by atoms with E-state index in [-0.39, 0.29) is 23.5 Å². The van der Waals surface area contributed by atoms with Gasteiger partial charge in [-0.05, 0) is 19.4 Å². The molecule has 0 aromatic heterocycles. The minimum Gasteiger partial charge on any atom is -0.466 e. The van der Waals surface area contributed by atoms with Crippen LogP contribution >= 0.6 is 0 Å². The second-order valence-electron chi connectivity index (χ2n) is 5.35. The van der Waals surface area contributed by atoms with E-state index in [0.29, 0.717) is 5.56 Å². The average Bonchev–Trinajstić information content (AvgIpc) is 2.60. The maximum Gasteiger partial charge on any atom is 0.336 e. The number of ether oxygens (including phenoxy) is 2. The van der Waals surface area contributed by atoms with Crippen molar-refractivity contribution in [2.24, 2.45) is 0 Å². The van der Waals surface area contributed by atoms with Crippen molar-refractivity contribution in [3.05, 3.63) is 58.4 Å². The largest absolute Gasteiger partial charge is 0.466 e. The summed E-state index contributed by atoms with van der Waals surface area (Å²) in [7, 11) is 1.20. The normalized spacial score (nSPS) is 17.4. The van der Waals surface area contributed by atoms with Crippen LogP contribution in [-0.4, -0.2) is 32.1 Å². The second-order valence-corrected chi connectivity index (χ2v) is 5.35. The first-order chi connectivity index (χ1) is 11.9. The molecule has 1 aliphatic heterocycles. The van der Waals surface area contributed by atoms with Gasteiger partial charge in [0, 0.05) is 5.70 Å². The number of esters is 2. The monoisotopic (exact) mass is 351 g/mol. The lowest BCUT2D eigenvalue weighted by Crippen LogP contribution is -2.35. The van der Waals surface area contributed by atoms with Gasteiger partial charge in [-0.15, -0.1) is 0 Å². The fraction of sp³-hybridized carbons (Fsp3) is 0.333. The molecule has 0 saturated carbocycles. The first-order valence-electron chi connectivity index (χ1n) is 7.72. The van der Waals surface area contributed by atoms with Gasteiger partial charge in [0.25, 0.3) is 6.43 Å². The summed E-state index contributed by atoms with van der Waals surface area (Å²) in [6.45, 7) is 3.10. The van der Waals surface area contributed by atoms with Gasteiger partial charge >= 0.3 is 11.9 Å². The van der Waals surface area contributed by atoms with E-state index < -0.39 is 30.0 Å².